The first-order chi connectivity index (χ1) is 28.5. The van der Waals surface area contributed by atoms with Gasteiger partial charge in [-0.3, -0.25) is 9.59 Å². The number of hydrogen-bond donors (Lipinski definition) is 0. The highest BCUT2D eigenvalue weighted by Crippen LogP contribution is 2.54. The van der Waals surface area contributed by atoms with Gasteiger partial charge in [0.1, 0.15) is 62.7 Å². The number of allylic oxidation sites excluding steroid dienone is 4. The lowest BCUT2D eigenvalue weighted by atomic mass is 9.65. The molecule has 0 fully saturated rings. The molecule has 1 aliphatic carbocycles. The number of benzene rings is 4. The number of methoxy groups -OCH3 is 8. The van der Waals surface area contributed by atoms with Crippen molar-refractivity contribution >= 4 is 16.8 Å². The second-order valence-corrected chi connectivity index (χ2v) is 14.6. The average Bonchev–Trinajstić information content (AvgIpc) is 3.26. The van der Waals surface area contributed by atoms with Crippen LogP contribution in [0.25, 0.3) is 22.3 Å². The zero-order chi connectivity index (χ0) is 42.5. The lowest BCUT2D eigenvalue weighted by Crippen LogP contribution is -2.32. The number of rotatable bonds is 15. The quantitative estimate of drug-likeness (QED) is 0.0743. The summed E-state index contributed by atoms with van der Waals surface area (Å²) >= 11 is 0. The van der Waals surface area contributed by atoms with Crippen LogP contribution in [0.3, 0.4) is 0 Å². The van der Waals surface area contributed by atoms with E-state index in [2.05, 4.69) is 6.08 Å². The van der Waals surface area contributed by atoms with Crippen molar-refractivity contribution in [3.05, 3.63) is 116 Å². The fourth-order valence-corrected chi connectivity index (χ4v) is 8.13. The Morgan fingerprint density at radius 2 is 1.27 bits per heavy atom. The van der Waals surface area contributed by atoms with E-state index in [0.717, 1.165) is 16.7 Å². The van der Waals surface area contributed by atoms with Crippen LogP contribution in [0.15, 0.2) is 93.2 Å². The molecule has 11 heteroatoms. The maximum Gasteiger partial charge on any atom is 0.200 e. The predicted molar refractivity (Wildman–Crippen MR) is 228 cm³/mol. The van der Waals surface area contributed by atoms with E-state index in [-0.39, 0.29) is 34.4 Å². The van der Waals surface area contributed by atoms with Crippen LogP contribution in [0, 0.1) is 5.92 Å². The van der Waals surface area contributed by atoms with E-state index in [0.29, 0.717) is 74.7 Å². The van der Waals surface area contributed by atoms with Crippen molar-refractivity contribution in [1.82, 2.24) is 0 Å². The Morgan fingerprint density at radius 1 is 0.695 bits per heavy atom. The van der Waals surface area contributed by atoms with Gasteiger partial charge in [-0.15, -0.1) is 0 Å². The molecule has 0 saturated carbocycles. The highest BCUT2D eigenvalue weighted by Gasteiger charge is 2.44. The van der Waals surface area contributed by atoms with Crippen LogP contribution in [0.2, 0.25) is 0 Å². The molecule has 0 aliphatic heterocycles. The average molecular weight is 805 g/mol. The highest BCUT2D eigenvalue weighted by atomic mass is 16.5. The van der Waals surface area contributed by atoms with Gasteiger partial charge in [0.05, 0.1) is 68.0 Å². The lowest BCUT2D eigenvalue weighted by Gasteiger charge is -2.38. The summed E-state index contributed by atoms with van der Waals surface area (Å²) in [6.07, 6.45) is 4.84. The van der Waals surface area contributed by atoms with Gasteiger partial charge in [-0.25, -0.2) is 0 Å². The Morgan fingerprint density at radius 3 is 1.86 bits per heavy atom. The molecular weight excluding hydrogens is 753 g/mol. The van der Waals surface area contributed by atoms with Gasteiger partial charge in [0.25, 0.3) is 0 Å². The monoisotopic (exact) mass is 804 g/mol. The van der Waals surface area contributed by atoms with E-state index in [1.807, 2.05) is 51.1 Å². The molecule has 0 unspecified atom stereocenters. The largest absolute Gasteiger partial charge is 0.497 e. The molecule has 0 saturated heterocycles. The van der Waals surface area contributed by atoms with Crippen LogP contribution >= 0.6 is 0 Å². The summed E-state index contributed by atoms with van der Waals surface area (Å²) < 4.78 is 53.4. The SMILES string of the molecule is COc1ccc(C(=O)[C@@H]2[C@@H](c3ccc(OC)cc3OC)CC(C)=C[C@H]2c2c(OC)cc(OC)c3c(=O)c(CC=C(C)C)c(-c4ccc(OC)cc4OC)oc23)c(OC)c1. The highest BCUT2D eigenvalue weighted by molar-refractivity contribution is 6.03. The summed E-state index contributed by atoms with van der Waals surface area (Å²) in [5, 5.41) is 0.222. The van der Waals surface area contributed by atoms with Gasteiger partial charge >= 0.3 is 0 Å². The Kier molecular flexibility index (Phi) is 12.9. The van der Waals surface area contributed by atoms with Crippen molar-refractivity contribution in [1.29, 1.82) is 0 Å². The van der Waals surface area contributed by atoms with E-state index in [1.165, 1.54) is 14.2 Å². The van der Waals surface area contributed by atoms with Gasteiger partial charge in [-0.2, -0.15) is 0 Å². The molecule has 4 aromatic carbocycles. The fraction of sp³-hybridized carbons (Fsp3) is 0.333. The molecule has 0 amide bonds. The van der Waals surface area contributed by atoms with Crippen molar-refractivity contribution in [2.24, 2.45) is 5.92 Å². The molecule has 1 heterocycles. The van der Waals surface area contributed by atoms with Crippen LogP contribution in [-0.4, -0.2) is 62.7 Å². The zero-order valence-corrected chi connectivity index (χ0v) is 35.6. The number of carbonyl (C=O) groups is 1. The predicted octanol–water partition coefficient (Wildman–Crippen LogP) is 9.75. The zero-order valence-electron chi connectivity index (χ0n) is 35.6. The minimum Gasteiger partial charge on any atom is -0.497 e. The Labute approximate surface area is 345 Å². The lowest BCUT2D eigenvalue weighted by molar-refractivity contribution is 0.0876. The molecule has 1 aliphatic rings. The van der Waals surface area contributed by atoms with Crippen molar-refractivity contribution in [2.75, 3.05) is 56.9 Å². The van der Waals surface area contributed by atoms with E-state index in [9.17, 15) is 0 Å². The topological polar surface area (TPSA) is 121 Å². The smallest absolute Gasteiger partial charge is 0.200 e. The molecule has 0 radical (unpaired) electrons. The van der Waals surface area contributed by atoms with Crippen molar-refractivity contribution in [3.63, 3.8) is 0 Å². The Bertz CT molecular complexity index is 2490. The standard InChI is InChI=1S/C48H52O11/c1-26(2)12-16-34-46(50)44-41(58-11)25-40(57-10)43(48(44)59-47(34)33-19-15-30(53-6)24-39(33)56-9)36-21-27(3)20-35(31-17-13-28(51-4)22-37(31)54-7)42(36)45(49)32-18-14-29(52-5)23-38(32)55-8/h12-15,17-19,21-25,35-36,42H,16,20H2,1-11H3/t35-,36-,42-/m1/s1. The van der Waals surface area contributed by atoms with Gasteiger partial charge in [0.2, 0.25) is 5.43 Å². The van der Waals surface area contributed by atoms with E-state index < -0.39 is 17.8 Å². The summed E-state index contributed by atoms with van der Waals surface area (Å²) in [4.78, 5) is 30.7. The van der Waals surface area contributed by atoms with Gasteiger partial charge in [0, 0.05) is 53.1 Å². The summed E-state index contributed by atoms with van der Waals surface area (Å²) in [5.41, 5.74) is 4.59. The molecule has 3 atom stereocenters. The number of hydrogen-bond acceptors (Lipinski definition) is 11. The molecule has 5 aromatic rings. The third-order valence-corrected chi connectivity index (χ3v) is 11.0. The third-order valence-electron chi connectivity index (χ3n) is 11.0. The number of carbonyl (C=O) groups excluding carboxylic acids is 1. The molecule has 6 rings (SSSR count). The number of Topliss-reactive ketones (excluding diaryl/α,β-unsaturated/α-hetero) is 1. The molecule has 1 aromatic heterocycles. The second-order valence-electron chi connectivity index (χ2n) is 14.6. The van der Waals surface area contributed by atoms with Crippen molar-refractivity contribution in [3.8, 4) is 57.3 Å². The first kappa shape index (κ1) is 42.3. The fourth-order valence-electron chi connectivity index (χ4n) is 8.13. The van der Waals surface area contributed by atoms with Crippen molar-refractivity contribution in [2.45, 2.75) is 45.4 Å². The number of fused-ring (bicyclic) bond motifs is 1. The minimum atomic E-state index is -0.802. The number of ketones is 1. The summed E-state index contributed by atoms with van der Waals surface area (Å²) in [5.74, 6) is 1.90. The summed E-state index contributed by atoms with van der Waals surface area (Å²) in [7, 11) is 12.4. The van der Waals surface area contributed by atoms with E-state index >= 15 is 9.59 Å². The van der Waals surface area contributed by atoms with Gasteiger partial charge in [-0.1, -0.05) is 29.4 Å². The molecule has 0 spiro atoms. The van der Waals surface area contributed by atoms with Gasteiger partial charge in [0.15, 0.2) is 5.78 Å². The second kappa shape index (κ2) is 18.1. The first-order valence-corrected chi connectivity index (χ1v) is 19.2. The van der Waals surface area contributed by atoms with Crippen molar-refractivity contribution < 1.29 is 47.1 Å². The molecule has 11 nitrogen and oxygen atoms in total. The van der Waals surface area contributed by atoms with Gasteiger partial charge in [-0.05, 0) is 69.5 Å². The third kappa shape index (κ3) is 8.06. The number of ether oxygens (including phenoxy) is 8. The minimum absolute atomic E-state index is 0.202. The van der Waals surface area contributed by atoms with Gasteiger partial charge < -0.3 is 42.3 Å². The summed E-state index contributed by atoms with van der Waals surface area (Å²) in [6.45, 7) is 5.98. The normalized spacial score (nSPS) is 16.1. The van der Waals surface area contributed by atoms with Crippen LogP contribution in [0.1, 0.15) is 66.1 Å². The van der Waals surface area contributed by atoms with E-state index in [1.54, 1.807) is 79.1 Å². The molecule has 0 bridgehead atoms. The molecule has 0 N–H and O–H groups in total. The van der Waals surface area contributed by atoms with Crippen LogP contribution in [0.4, 0.5) is 0 Å². The van der Waals surface area contributed by atoms with Crippen LogP contribution in [0.5, 0.6) is 46.0 Å². The first-order valence-electron chi connectivity index (χ1n) is 19.2. The molecular formula is C48H52O11. The maximum atomic E-state index is 15.5. The Hall–Kier alpha value is -6.36. The summed E-state index contributed by atoms with van der Waals surface area (Å²) in [6, 6.07) is 17.8. The van der Waals surface area contributed by atoms with Crippen LogP contribution in [-0.2, 0) is 6.42 Å². The molecule has 310 valence electrons. The molecule has 59 heavy (non-hydrogen) atoms. The van der Waals surface area contributed by atoms with Crippen LogP contribution < -0.4 is 43.3 Å². The van der Waals surface area contributed by atoms with E-state index in [4.69, 9.17) is 42.3 Å². The maximum absolute atomic E-state index is 15.5. The Balaban J connectivity index is 1.75.